The summed E-state index contributed by atoms with van der Waals surface area (Å²) in [5.41, 5.74) is 0.914. The molecule has 23 heavy (non-hydrogen) atoms. The Morgan fingerprint density at radius 2 is 1.96 bits per heavy atom. The fraction of sp³-hybridized carbons (Fsp3) is 0.471. The first kappa shape index (κ1) is 17.6. The number of hydrogen-bond donors (Lipinski definition) is 1. The second kappa shape index (κ2) is 7.19. The van der Waals surface area contributed by atoms with Crippen LogP contribution in [0.15, 0.2) is 30.3 Å². The number of amides is 1. The second-order valence-electron chi connectivity index (χ2n) is 5.82. The fourth-order valence-electron chi connectivity index (χ4n) is 3.08. The van der Waals surface area contributed by atoms with Crippen LogP contribution in [0.3, 0.4) is 0 Å². The minimum absolute atomic E-state index is 0.120. The van der Waals surface area contributed by atoms with Crippen LogP contribution in [0.2, 0.25) is 0 Å². The maximum Gasteiger partial charge on any atom is 0.325 e. The average Bonchev–Trinajstić information content (AvgIpc) is 2.55. The molecule has 0 saturated carbocycles. The lowest BCUT2D eigenvalue weighted by Gasteiger charge is -2.50. The molecule has 1 aliphatic rings. The highest BCUT2D eigenvalue weighted by atomic mass is 32.1. The van der Waals surface area contributed by atoms with Crippen LogP contribution < -0.4 is 0 Å². The number of thiocarbonyl (C=S) groups is 1. The lowest BCUT2D eigenvalue weighted by Crippen LogP contribution is -2.68. The number of likely N-dealkylation sites (tertiary alicyclic amines) is 1. The van der Waals surface area contributed by atoms with E-state index in [0.29, 0.717) is 4.86 Å². The van der Waals surface area contributed by atoms with Gasteiger partial charge >= 0.3 is 5.97 Å². The first-order valence-corrected chi connectivity index (χ1v) is 7.94. The van der Waals surface area contributed by atoms with Crippen LogP contribution in [0.5, 0.6) is 0 Å². The van der Waals surface area contributed by atoms with Gasteiger partial charge in [0.1, 0.15) is 6.54 Å². The lowest BCUT2D eigenvalue weighted by atomic mass is 9.74. The van der Waals surface area contributed by atoms with Crippen molar-refractivity contribution in [1.82, 2.24) is 4.90 Å². The van der Waals surface area contributed by atoms with Gasteiger partial charge in [0.2, 0.25) is 5.91 Å². The van der Waals surface area contributed by atoms with Gasteiger partial charge in [-0.1, -0.05) is 49.5 Å². The van der Waals surface area contributed by atoms with E-state index in [9.17, 15) is 14.7 Å². The molecule has 4 atom stereocenters. The fourth-order valence-corrected chi connectivity index (χ4v) is 3.35. The van der Waals surface area contributed by atoms with Gasteiger partial charge < -0.3 is 14.7 Å². The second-order valence-corrected chi connectivity index (χ2v) is 6.26. The van der Waals surface area contributed by atoms with E-state index < -0.39 is 18.0 Å². The summed E-state index contributed by atoms with van der Waals surface area (Å²) in [6.45, 7) is 3.39. The Balaban J connectivity index is 2.22. The van der Waals surface area contributed by atoms with Gasteiger partial charge in [-0.05, 0) is 12.5 Å². The van der Waals surface area contributed by atoms with Crippen LogP contribution >= 0.6 is 12.2 Å². The monoisotopic (exact) mass is 335 g/mol. The standard InChI is InChI=1S/C17H21NO4S/c1-10(16(23)12-7-5-4-6-8-12)15-14(11(2)19)17(21)18(15)9-13(20)22-3/h4-8,10-11,14-15,19H,9H2,1-3H3/t10-,11+,14+,15+/m0/s1. The van der Waals surface area contributed by atoms with Crippen molar-refractivity contribution in [3.05, 3.63) is 35.9 Å². The van der Waals surface area contributed by atoms with Gasteiger partial charge in [0.15, 0.2) is 0 Å². The molecule has 1 saturated heterocycles. The number of rotatable bonds is 6. The Hall–Kier alpha value is -1.79. The molecule has 5 nitrogen and oxygen atoms in total. The molecule has 1 aromatic rings. The van der Waals surface area contributed by atoms with Gasteiger partial charge in [-0.2, -0.15) is 0 Å². The van der Waals surface area contributed by atoms with Gasteiger partial charge in [0.05, 0.1) is 25.2 Å². The van der Waals surface area contributed by atoms with E-state index in [1.165, 1.54) is 12.0 Å². The predicted octanol–water partition coefficient (Wildman–Crippen LogP) is 1.42. The maximum atomic E-state index is 12.2. The van der Waals surface area contributed by atoms with Gasteiger partial charge in [0.25, 0.3) is 0 Å². The van der Waals surface area contributed by atoms with E-state index in [1.807, 2.05) is 37.3 Å². The molecule has 0 unspecified atom stereocenters. The maximum absolute atomic E-state index is 12.2. The minimum Gasteiger partial charge on any atom is -0.468 e. The van der Waals surface area contributed by atoms with Gasteiger partial charge in [-0.15, -0.1) is 0 Å². The number of carbonyl (C=O) groups excluding carboxylic acids is 2. The summed E-state index contributed by atoms with van der Waals surface area (Å²) in [5.74, 6) is -1.42. The minimum atomic E-state index is -0.789. The topological polar surface area (TPSA) is 66.8 Å². The highest BCUT2D eigenvalue weighted by Gasteiger charge is 2.53. The first-order chi connectivity index (χ1) is 10.9. The van der Waals surface area contributed by atoms with Crippen LogP contribution in [0.1, 0.15) is 19.4 Å². The van der Waals surface area contributed by atoms with Crippen molar-refractivity contribution in [1.29, 1.82) is 0 Å². The third kappa shape index (κ3) is 3.43. The molecule has 1 heterocycles. The van der Waals surface area contributed by atoms with Crippen molar-refractivity contribution in [2.24, 2.45) is 11.8 Å². The van der Waals surface area contributed by atoms with E-state index >= 15 is 0 Å². The number of aliphatic hydroxyl groups excluding tert-OH is 1. The van der Waals surface area contributed by atoms with E-state index in [2.05, 4.69) is 4.74 Å². The van der Waals surface area contributed by atoms with E-state index in [-0.39, 0.29) is 24.4 Å². The third-order valence-electron chi connectivity index (χ3n) is 4.33. The summed E-state index contributed by atoms with van der Waals surface area (Å²) < 4.78 is 4.65. The average molecular weight is 335 g/mol. The molecule has 0 aromatic heterocycles. The molecule has 0 radical (unpaired) electrons. The van der Waals surface area contributed by atoms with E-state index in [1.54, 1.807) is 6.92 Å². The Labute approximate surface area is 141 Å². The molecule has 1 aliphatic heterocycles. The van der Waals surface area contributed by atoms with Crippen molar-refractivity contribution in [2.45, 2.75) is 26.0 Å². The first-order valence-electron chi connectivity index (χ1n) is 7.53. The summed E-state index contributed by atoms with van der Waals surface area (Å²) >= 11 is 5.56. The molecule has 0 bridgehead atoms. The smallest absolute Gasteiger partial charge is 0.325 e. The summed E-state index contributed by atoms with van der Waals surface area (Å²) in [4.78, 5) is 25.9. The SMILES string of the molecule is COC(=O)CN1C(=O)[C@H]([C@@H](C)O)[C@H]1[C@H](C)C(=S)c1ccccc1. The van der Waals surface area contributed by atoms with Crippen molar-refractivity contribution < 1.29 is 19.4 Å². The number of carbonyl (C=O) groups is 2. The predicted molar refractivity (Wildman–Crippen MR) is 90.0 cm³/mol. The van der Waals surface area contributed by atoms with Crippen molar-refractivity contribution in [2.75, 3.05) is 13.7 Å². The Kier molecular flexibility index (Phi) is 5.49. The van der Waals surface area contributed by atoms with Crippen LogP contribution in [0, 0.1) is 11.8 Å². The summed E-state index contributed by atoms with van der Waals surface area (Å²) in [7, 11) is 1.28. The lowest BCUT2D eigenvalue weighted by molar-refractivity contribution is -0.172. The van der Waals surface area contributed by atoms with Crippen molar-refractivity contribution in [3.63, 3.8) is 0 Å². The zero-order valence-electron chi connectivity index (χ0n) is 13.4. The zero-order valence-corrected chi connectivity index (χ0v) is 14.2. The molecule has 1 amide bonds. The number of hydrogen-bond acceptors (Lipinski definition) is 5. The highest BCUT2D eigenvalue weighted by molar-refractivity contribution is 7.80. The number of nitrogens with zero attached hydrogens (tertiary/aromatic N) is 1. The number of benzene rings is 1. The largest absolute Gasteiger partial charge is 0.468 e. The molecule has 2 rings (SSSR count). The number of aliphatic hydroxyl groups is 1. The Bertz CT molecular complexity index is 602. The number of β-lactam (4-membered cyclic amide) rings is 1. The van der Waals surface area contributed by atoms with Gasteiger partial charge in [-0.3, -0.25) is 9.59 Å². The van der Waals surface area contributed by atoms with Crippen LogP contribution in [0.4, 0.5) is 0 Å². The van der Waals surface area contributed by atoms with Crippen LogP contribution in [-0.4, -0.2) is 52.5 Å². The van der Waals surface area contributed by atoms with Crippen LogP contribution in [-0.2, 0) is 14.3 Å². The highest BCUT2D eigenvalue weighted by Crippen LogP contribution is 2.36. The molecule has 0 aliphatic carbocycles. The Morgan fingerprint density at radius 1 is 1.35 bits per heavy atom. The van der Waals surface area contributed by atoms with Gasteiger partial charge in [0, 0.05) is 10.8 Å². The zero-order chi connectivity index (χ0) is 17.1. The normalized spacial score (nSPS) is 23.0. The van der Waals surface area contributed by atoms with Crippen LogP contribution in [0.25, 0.3) is 0 Å². The number of esters is 1. The number of ether oxygens (including phenoxy) is 1. The van der Waals surface area contributed by atoms with Gasteiger partial charge in [-0.25, -0.2) is 0 Å². The molecule has 1 fully saturated rings. The molecule has 1 aromatic carbocycles. The van der Waals surface area contributed by atoms with E-state index in [0.717, 1.165) is 5.56 Å². The molecule has 6 heteroatoms. The summed E-state index contributed by atoms with van der Waals surface area (Å²) in [5, 5.41) is 9.92. The summed E-state index contributed by atoms with van der Waals surface area (Å²) in [6, 6.07) is 9.24. The molecular formula is C17H21NO4S. The third-order valence-corrected chi connectivity index (χ3v) is 4.93. The molecule has 124 valence electrons. The molecule has 0 spiro atoms. The summed E-state index contributed by atoms with van der Waals surface area (Å²) in [6.07, 6.45) is -0.789. The van der Waals surface area contributed by atoms with Crippen molar-refractivity contribution >= 4 is 29.0 Å². The molecular weight excluding hydrogens is 314 g/mol. The quantitative estimate of drug-likeness (QED) is 0.369. The number of methoxy groups -OCH3 is 1. The van der Waals surface area contributed by atoms with E-state index in [4.69, 9.17) is 12.2 Å². The Morgan fingerprint density at radius 3 is 2.48 bits per heavy atom. The molecule has 1 N–H and O–H groups in total. The van der Waals surface area contributed by atoms with Crippen molar-refractivity contribution in [3.8, 4) is 0 Å².